The molecule has 37 heavy (non-hydrogen) atoms. The van der Waals surface area contributed by atoms with Crippen molar-refractivity contribution < 1.29 is 13.2 Å². The molecule has 1 amide bonds. The summed E-state index contributed by atoms with van der Waals surface area (Å²) in [5.41, 5.74) is 6.68. The quantitative estimate of drug-likeness (QED) is 0.329. The smallest absolute Gasteiger partial charge is 0.262 e. The highest BCUT2D eigenvalue weighted by atomic mass is 79.9. The number of likely N-dealkylation sites (tertiary alicyclic amines) is 1. The second-order valence-electron chi connectivity index (χ2n) is 9.87. The van der Waals surface area contributed by atoms with Crippen LogP contribution in [0.2, 0.25) is 5.02 Å². The highest BCUT2D eigenvalue weighted by molar-refractivity contribution is 9.10. The summed E-state index contributed by atoms with van der Waals surface area (Å²) >= 11 is 9.88. The summed E-state index contributed by atoms with van der Waals surface area (Å²) in [6.45, 7) is 10.9. The average molecular weight is 604 g/mol. The maximum absolute atomic E-state index is 13.3. The first-order chi connectivity index (χ1) is 17.4. The van der Waals surface area contributed by atoms with E-state index in [4.69, 9.17) is 11.6 Å². The summed E-state index contributed by atoms with van der Waals surface area (Å²) in [6, 6.07) is 12.6. The molecule has 1 heterocycles. The van der Waals surface area contributed by atoms with Crippen molar-refractivity contribution in [1.82, 2.24) is 4.90 Å². The van der Waals surface area contributed by atoms with Crippen LogP contribution in [-0.4, -0.2) is 32.3 Å². The zero-order valence-electron chi connectivity index (χ0n) is 21.8. The molecule has 0 unspecified atom stereocenters. The molecule has 0 aliphatic carbocycles. The monoisotopic (exact) mass is 602 g/mol. The van der Waals surface area contributed by atoms with Crippen LogP contribution >= 0.6 is 27.5 Å². The lowest BCUT2D eigenvalue weighted by molar-refractivity contribution is 0.0713. The van der Waals surface area contributed by atoms with E-state index >= 15 is 0 Å². The second-order valence-corrected chi connectivity index (χ2v) is 12.8. The molecule has 0 radical (unpaired) electrons. The fourth-order valence-electron chi connectivity index (χ4n) is 5.16. The van der Waals surface area contributed by atoms with E-state index in [0.29, 0.717) is 35.2 Å². The Hall–Kier alpha value is -2.35. The molecule has 1 aliphatic heterocycles. The summed E-state index contributed by atoms with van der Waals surface area (Å²) in [6.07, 6.45) is 1.69. The van der Waals surface area contributed by atoms with Crippen molar-refractivity contribution in [2.75, 3.05) is 17.8 Å². The molecule has 1 aliphatic rings. The van der Waals surface area contributed by atoms with Crippen LogP contribution < -0.4 is 4.72 Å². The van der Waals surface area contributed by atoms with Gasteiger partial charge in [-0.15, -0.1) is 0 Å². The van der Waals surface area contributed by atoms with Gasteiger partial charge in [0.1, 0.15) is 0 Å². The lowest BCUT2D eigenvalue weighted by Crippen LogP contribution is -2.38. The number of nitrogens with zero attached hydrogens (tertiary/aromatic N) is 1. The molecule has 4 rings (SSSR count). The lowest BCUT2D eigenvalue weighted by atomic mass is 9.89. The molecule has 5 nitrogen and oxygen atoms in total. The standard InChI is InChI=1S/C29H32BrClN2O3S/c1-17-18(2)20(4)28(21(5)19(17)3)37(35,36)32-25-9-6-23(7-10-25)29(34)33-14-12-22(13-15-33)26-11-8-24(30)16-27(26)31/h6-11,16,22,32H,12-15H2,1-5H3. The van der Waals surface area contributed by atoms with Crippen molar-refractivity contribution >= 4 is 49.1 Å². The van der Waals surface area contributed by atoms with Crippen molar-refractivity contribution in [3.05, 3.63) is 90.9 Å². The van der Waals surface area contributed by atoms with Gasteiger partial charge in [-0.2, -0.15) is 0 Å². The normalized spacial score (nSPS) is 14.6. The molecule has 0 aromatic heterocycles. The number of halogens is 2. The number of hydrogen-bond acceptors (Lipinski definition) is 3. The van der Waals surface area contributed by atoms with E-state index in [1.165, 1.54) is 0 Å². The van der Waals surface area contributed by atoms with Crippen LogP contribution in [-0.2, 0) is 10.0 Å². The number of rotatable bonds is 5. The summed E-state index contributed by atoms with van der Waals surface area (Å²) in [4.78, 5) is 15.3. The van der Waals surface area contributed by atoms with Crippen LogP contribution in [0, 0.1) is 34.6 Å². The maximum atomic E-state index is 13.3. The number of piperidine rings is 1. The molecular formula is C29H32BrClN2O3S. The van der Waals surface area contributed by atoms with Crippen molar-refractivity contribution in [1.29, 1.82) is 0 Å². The van der Waals surface area contributed by atoms with Crippen LogP contribution in [0.1, 0.15) is 62.5 Å². The topological polar surface area (TPSA) is 66.5 Å². The Morgan fingerprint density at radius 2 is 1.43 bits per heavy atom. The third-order valence-corrected chi connectivity index (χ3v) is 10.2. The Bertz CT molecular complexity index is 1430. The molecule has 196 valence electrons. The molecular weight excluding hydrogens is 572 g/mol. The maximum Gasteiger partial charge on any atom is 0.262 e. The van der Waals surface area contributed by atoms with Gasteiger partial charge in [0.25, 0.3) is 15.9 Å². The van der Waals surface area contributed by atoms with Crippen molar-refractivity contribution in [3.8, 4) is 0 Å². The first-order valence-electron chi connectivity index (χ1n) is 12.3. The first-order valence-corrected chi connectivity index (χ1v) is 15.0. The minimum Gasteiger partial charge on any atom is -0.339 e. The van der Waals surface area contributed by atoms with E-state index in [9.17, 15) is 13.2 Å². The molecule has 3 aromatic carbocycles. The van der Waals surface area contributed by atoms with Crippen LogP contribution in [0.25, 0.3) is 0 Å². The third-order valence-electron chi connectivity index (χ3n) is 7.77. The van der Waals surface area contributed by atoms with Crippen LogP contribution in [0.4, 0.5) is 5.69 Å². The molecule has 1 saturated heterocycles. The van der Waals surface area contributed by atoms with Gasteiger partial charge in [-0.05, 0) is 123 Å². The molecule has 8 heteroatoms. The lowest BCUT2D eigenvalue weighted by Gasteiger charge is -2.32. The van der Waals surface area contributed by atoms with E-state index in [-0.39, 0.29) is 5.91 Å². The highest BCUT2D eigenvalue weighted by Crippen LogP contribution is 2.35. The zero-order valence-corrected chi connectivity index (χ0v) is 24.9. The Balaban J connectivity index is 1.45. The number of nitrogens with one attached hydrogen (secondary N) is 1. The number of carbonyl (C=O) groups is 1. The van der Waals surface area contributed by atoms with Crippen LogP contribution in [0.5, 0.6) is 0 Å². The second kappa shape index (κ2) is 10.8. The molecule has 0 spiro atoms. The van der Waals surface area contributed by atoms with Crippen LogP contribution in [0.15, 0.2) is 51.8 Å². The zero-order chi connectivity index (χ0) is 27.1. The predicted molar refractivity (Wildman–Crippen MR) is 154 cm³/mol. The van der Waals surface area contributed by atoms with Gasteiger partial charge in [-0.25, -0.2) is 8.42 Å². The number of benzene rings is 3. The Kier molecular flexibility index (Phi) is 8.07. The molecule has 0 saturated carbocycles. The van der Waals surface area contributed by atoms with Gasteiger partial charge in [0.2, 0.25) is 0 Å². The number of hydrogen-bond donors (Lipinski definition) is 1. The fourth-order valence-corrected chi connectivity index (χ4v) is 7.65. The van der Waals surface area contributed by atoms with Gasteiger partial charge >= 0.3 is 0 Å². The van der Waals surface area contributed by atoms with Gasteiger partial charge in [0.05, 0.1) is 4.90 Å². The van der Waals surface area contributed by atoms with E-state index in [2.05, 4.69) is 26.7 Å². The SMILES string of the molecule is Cc1c(C)c(C)c(S(=O)(=O)Nc2ccc(C(=O)N3CCC(c4ccc(Br)cc4Cl)CC3)cc2)c(C)c1C. The summed E-state index contributed by atoms with van der Waals surface area (Å²) < 4.78 is 30.3. The van der Waals surface area contributed by atoms with E-state index in [1.54, 1.807) is 24.3 Å². The third kappa shape index (κ3) is 5.59. The number of anilines is 1. The molecule has 3 aromatic rings. The summed E-state index contributed by atoms with van der Waals surface area (Å²) in [5, 5.41) is 0.749. The number of sulfonamides is 1. The van der Waals surface area contributed by atoms with Gasteiger partial charge in [-0.1, -0.05) is 33.6 Å². The van der Waals surface area contributed by atoms with Crippen LogP contribution in [0.3, 0.4) is 0 Å². The summed E-state index contributed by atoms with van der Waals surface area (Å²) in [7, 11) is -3.79. The Morgan fingerprint density at radius 3 is 1.97 bits per heavy atom. The Morgan fingerprint density at radius 1 is 0.892 bits per heavy atom. The average Bonchev–Trinajstić information content (AvgIpc) is 2.86. The van der Waals surface area contributed by atoms with Crippen molar-refractivity contribution in [2.45, 2.75) is 58.3 Å². The van der Waals surface area contributed by atoms with E-state index in [1.807, 2.05) is 51.7 Å². The largest absolute Gasteiger partial charge is 0.339 e. The van der Waals surface area contributed by atoms with Crippen molar-refractivity contribution in [3.63, 3.8) is 0 Å². The van der Waals surface area contributed by atoms with Gasteiger partial charge in [0.15, 0.2) is 0 Å². The van der Waals surface area contributed by atoms with Gasteiger partial charge in [0, 0.05) is 33.8 Å². The first kappa shape index (κ1) is 27.7. The predicted octanol–water partition coefficient (Wildman–Crippen LogP) is 7.47. The molecule has 0 atom stereocenters. The molecule has 0 bridgehead atoms. The van der Waals surface area contributed by atoms with Gasteiger partial charge < -0.3 is 4.90 Å². The van der Waals surface area contributed by atoms with Gasteiger partial charge in [-0.3, -0.25) is 9.52 Å². The number of amides is 1. The molecule has 1 fully saturated rings. The van der Waals surface area contributed by atoms with E-state index < -0.39 is 10.0 Å². The molecule has 1 N–H and O–H groups in total. The summed E-state index contributed by atoms with van der Waals surface area (Å²) in [5.74, 6) is 0.272. The van der Waals surface area contributed by atoms with Crippen molar-refractivity contribution in [2.24, 2.45) is 0 Å². The fraction of sp³-hybridized carbons (Fsp3) is 0.345. The Labute approximate surface area is 233 Å². The minimum absolute atomic E-state index is 0.0498. The minimum atomic E-state index is -3.79. The number of carbonyl (C=O) groups excluding carboxylic acids is 1. The van der Waals surface area contributed by atoms with E-state index in [0.717, 1.165) is 55.7 Å². The highest BCUT2D eigenvalue weighted by Gasteiger charge is 2.27.